The van der Waals surface area contributed by atoms with Crippen LogP contribution in [0.3, 0.4) is 0 Å². The zero-order valence-corrected chi connectivity index (χ0v) is 12.5. The monoisotopic (exact) mass is 240 g/mol. The lowest BCUT2D eigenvalue weighted by atomic mass is 9.89. The molecule has 0 aromatic carbocycles. The van der Waals surface area contributed by atoms with E-state index in [1.165, 1.54) is 32.4 Å². The molecule has 3 unspecified atom stereocenters. The SMILES string of the molecule is CCNC(C)C(C)N1CCCC(C(C)C)CC1. The van der Waals surface area contributed by atoms with Crippen molar-refractivity contribution in [1.29, 1.82) is 0 Å². The molecule has 1 aliphatic rings. The normalized spacial score (nSPS) is 26.8. The van der Waals surface area contributed by atoms with Crippen molar-refractivity contribution in [2.75, 3.05) is 19.6 Å². The summed E-state index contributed by atoms with van der Waals surface area (Å²) in [5.74, 6) is 1.80. The van der Waals surface area contributed by atoms with Gasteiger partial charge < -0.3 is 5.32 Å². The van der Waals surface area contributed by atoms with Gasteiger partial charge in [0.25, 0.3) is 0 Å². The molecule has 2 heteroatoms. The lowest BCUT2D eigenvalue weighted by Crippen LogP contribution is -2.47. The lowest BCUT2D eigenvalue weighted by Gasteiger charge is -2.32. The molecule has 1 N–H and O–H groups in total. The molecule has 0 spiro atoms. The zero-order valence-electron chi connectivity index (χ0n) is 12.5. The molecule has 0 amide bonds. The van der Waals surface area contributed by atoms with Gasteiger partial charge in [-0.05, 0) is 64.6 Å². The van der Waals surface area contributed by atoms with E-state index in [0.29, 0.717) is 12.1 Å². The quantitative estimate of drug-likeness (QED) is 0.794. The molecule has 1 fully saturated rings. The Bertz CT molecular complexity index is 203. The fourth-order valence-corrected chi connectivity index (χ4v) is 3.03. The number of likely N-dealkylation sites (N-methyl/N-ethyl adjacent to an activating group) is 1. The van der Waals surface area contributed by atoms with Crippen molar-refractivity contribution in [2.45, 2.75) is 66.0 Å². The van der Waals surface area contributed by atoms with Gasteiger partial charge in [-0.3, -0.25) is 4.90 Å². The van der Waals surface area contributed by atoms with E-state index in [4.69, 9.17) is 0 Å². The van der Waals surface area contributed by atoms with Crippen LogP contribution in [0.25, 0.3) is 0 Å². The first-order chi connectivity index (χ1) is 8.06. The highest BCUT2D eigenvalue weighted by atomic mass is 15.2. The largest absolute Gasteiger partial charge is 0.313 e. The summed E-state index contributed by atoms with van der Waals surface area (Å²) in [5, 5.41) is 3.56. The number of hydrogen-bond acceptors (Lipinski definition) is 2. The Morgan fingerprint density at radius 3 is 2.41 bits per heavy atom. The molecule has 1 rings (SSSR count). The Morgan fingerprint density at radius 2 is 1.82 bits per heavy atom. The van der Waals surface area contributed by atoms with Gasteiger partial charge in [-0.2, -0.15) is 0 Å². The fourth-order valence-electron chi connectivity index (χ4n) is 3.03. The fraction of sp³-hybridized carbons (Fsp3) is 1.00. The van der Waals surface area contributed by atoms with Crippen molar-refractivity contribution in [1.82, 2.24) is 10.2 Å². The first-order valence-corrected chi connectivity index (χ1v) is 7.53. The van der Waals surface area contributed by atoms with E-state index in [-0.39, 0.29) is 0 Å². The van der Waals surface area contributed by atoms with Crippen molar-refractivity contribution in [2.24, 2.45) is 11.8 Å². The molecule has 0 aromatic heterocycles. The van der Waals surface area contributed by atoms with Crippen LogP contribution in [-0.2, 0) is 0 Å². The zero-order chi connectivity index (χ0) is 12.8. The second-order valence-corrected chi connectivity index (χ2v) is 6.06. The predicted octanol–water partition coefficient (Wildman–Crippen LogP) is 3.13. The van der Waals surface area contributed by atoms with Crippen molar-refractivity contribution >= 4 is 0 Å². The Hall–Kier alpha value is -0.0800. The molecule has 1 saturated heterocycles. The maximum Gasteiger partial charge on any atom is 0.0218 e. The number of nitrogens with zero attached hydrogens (tertiary/aromatic N) is 1. The summed E-state index contributed by atoms with van der Waals surface area (Å²) in [6.45, 7) is 15.3. The highest BCUT2D eigenvalue weighted by Gasteiger charge is 2.24. The molecule has 0 aromatic rings. The van der Waals surface area contributed by atoms with Crippen molar-refractivity contribution < 1.29 is 0 Å². The standard InChI is InChI=1S/C15H32N2/c1-6-16-13(4)14(5)17-10-7-8-15(9-11-17)12(2)3/h12-16H,6-11H2,1-5H3. The van der Waals surface area contributed by atoms with Gasteiger partial charge in [0.1, 0.15) is 0 Å². The highest BCUT2D eigenvalue weighted by Crippen LogP contribution is 2.25. The van der Waals surface area contributed by atoms with Crippen LogP contribution in [-0.4, -0.2) is 36.6 Å². The van der Waals surface area contributed by atoms with Gasteiger partial charge >= 0.3 is 0 Å². The molecular weight excluding hydrogens is 208 g/mol. The van der Waals surface area contributed by atoms with Crippen LogP contribution in [0, 0.1) is 11.8 Å². The third-order valence-corrected chi connectivity index (χ3v) is 4.58. The van der Waals surface area contributed by atoms with Crippen LogP contribution in [0.2, 0.25) is 0 Å². The van der Waals surface area contributed by atoms with E-state index in [1.807, 2.05) is 0 Å². The van der Waals surface area contributed by atoms with Gasteiger partial charge in [0.2, 0.25) is 0 Å². The molecular formula is C15H32N2. The van der Waals surface area contributed by atoms with Crippen molar-refractivity contribution in [3.05, 3.63) is 0 Å². The van der Waals surface area contributed by atoms with Crippen molar-refractivity contribution in [3.8, 4) is 0 Å². The van der Waals surface area contributed by atoms with E-state index in [0.717, 1.165) is 18.4 Å². The summed E-state index contributed by atoms with van der Waals surface area (Å²) >= 11 is 0. The minimum Gasteiger partial charge on any atom is -0.313 e. The molecule has 102 valence electrons. The molecule has 0 saturated carbocycles. The second kappa shape index (κ2) is 7.38. The van der Waals surface area contributed by atoms with Crippen LogP contribution in [0.15, 0.2) is 0 Å². The van der Waals surface area contributed by atoms with E-state index in [9.17, 15) is 0 Å². The summed E-state index contributed by atoms with van der Waals surface area (Å²) in [6, 6.07) is 1.27. The average molecular weight is 240 g/mol. The molecule has 17 heavy (non-hydrogen) atoms. The summed E-state index contributed by atoms with van der Waals surface area (Å²) in [7, 11) is 0. The van der Waals surface area contributed by atoms with Crippen LogP contribution < -0.4 is 5.32 Å². The van der Waals surface area contributed by atoms with E-state index < -0.39 is 0 Å². The topological polar surface area (TPSA) is 15.3 Å². The molecule has 1 heterocycles. The summed E-state index contributed by atoms with van der Waals surface area (Å²) in [4.78, 5) is 2.69. The maximum atomic E-state index is 3.56. The molecule has 0 bridgehead atoms. The Kier molecular flexibility index (Phi) is 6.50. The first-order valence-electron chi connectivity index (χ1n) is 7.53. The first kappa shape index (κ1) is 15.0. The smallest absolute Gasteiger partial charge is 0.0218 e. The van der Waals surface area contributed by atoms with Gasteiger partial charge in [-0.25, -0.2) is 0 Å². The second-order valence-electron chi connectivity index (χ2n) is 6.06. The summed E-state index contributed by atoms with van der Waals surface area (Å²) in [5.41, 5.74) is 0. The summed E-state index contributed by atoms with van der Waals surface area (Å²) < 4.78 is 0. The van der Waals surface area contributed by atoms with Gasteiger partial charge in [0.05, 0.1) is 0 Å². The molecule has 1 aliphatic heterocycles. The molecule has 3 atom stereocenters. The third kappa shape index (κ3) is 4.59. The van der Waals surface area contributed by atoms with Crippen LogP contribution >= 0.6 is 0 Å². The third-order valence-electron chi connectivity index (χ3n) is 4.58. The minimum atomic E-state index is 0.607. The Morgan fingerprint density at radius 1 is 1.12 bits per heavy atom. The van der Waals surface area contributed by atoms with Crippen LogP contribution in [0.4, 0.5) is 0 Å². The number of nitrogens with one attached hydrogen (secondary N) is 1. The highest BCUT2D eigenvalue weighted by molar-refractivity contribution is 4.81. The van der Waals surface area contributed by atoms with E-state index in [2.05, 4.69) is 44.8 Å². The number of rotatable bonds is 5. The van der Waals surface area contributed by atoms with Gasteiger partial charge in [0.15, 0.2) is 0 Å². The lowest BCUT2D eigenvalue weighted by molar-refractivity contribution is 0.178. The molecule has 0 radical (unpaired) electrons. The van der Waals surface area contributed by atoms with Gasteiger partial charge in [0, 0.05) is 12.1 Å². The van der Waals surface area contributed by atoms with Crippen LogP contribution in [0.5, 0.6) is 0 Å². The van der Waals surface area contributed by atoms with E-state index in [1.54, 1.807) is 0 Å². The predicted molar refractivity (Wildman–Crippen MR) is 76.4 cm³/mol. The number of hydrogen-bond donors (Lipinski definition) is 1. The molecule has 0 aliphatic carbocycles. The Balaban J connectivity index is 2.44. The maximum absolute atomic E-state index is 3.56. The average Bonchev–Trinajstić information content (AvgIpc) is 2.53. The van der Waals surface area contributed by atoms with Gasteiger partial charge in [-0.15, -0.1) is 0 Å². The summed E-state index contributed by atoms with van der Waals surface area (Å²) in [6.07, 6.45) is 4.20. The van der Waals surface area contributed by atoms with E-state index >= 15 is 0 Å². The van der Waals surface area contributed by atoms with Crippen LogP contribution in [0.1, 0.15) is 53.9 Å². The van der Waals surface area contributed by atoms with Gasteiger partial charge in [-0.1, -0.05) is 20.8 Å². The molecule has 2 nitrogen and oxygen atoms in total. The van der Waals surface area contributed by atoms with Crippen molar-refractivity contribution in [3.63, 3.8) is 0 Å². The Labute approximate surface area is 108 Å². The minimum absolute atomic E-state index is 0.607. The number of likely N-dealkylation sites (tertiary alicyclic amines) is 1.